The Morgan fingerprint density at radius 2 is 2.00 bits per heavy atom. The number of sulfone groups is 1. The summed E-state index contributed by atoms with van der Waals surface area (Å²) in [5, 5.41) is 13.3. The standard InChI is InChI=1S/C9H17N3O3S/c1-9(2,16(3,14)15)7-11-6-8(13)12-5-4-10/h11H,5-7H2,1-3H3,(H,12,13). The normalized spacial score (nSPS) is 11.9. The highest BCUT2D eigenvalue weighted by Crippen LogP contribution is 2.12. The molecule has 0 aromatic rings. The fourth-order valence-electron chi connectivity index (χ4n) is 0.809. The average Bonchev–Trinajstić information content (AvgIpc) is 2.12. The molecular weight excluding hydrogens is 230 g/mol. The lowest BCUT2D eigenvalue weighted by Gasteiger charge is -2.22. The minimum atomic E-state index is -3.16. The summed E-state index contributed by atoms with van der Waals surface area (Å²) in [5.74, 6) is -0.328. The van der Waals surface area contributed by atoms with Gasteiger partial charge in [-0.2, -0.15) is 5.26 Å². The molecule has 0 aliphatic carbocycles. The van der Waals surface area contributed by atoms with Gasteiger partial charge in [0, 0.05) is 12.8 Å². The van der Waals surface area contributed by atoms with Gasteiger partial charge < -0.3 is 10.6 Å². The smallest absolute Gasteiger partial charge is 0.234 e. The van der Waals surface area contributed by atoms with E-state index >= 15 is 0 Å². The fourth-order valence-corrected chi connectivity index (χ4v) is 1.17. The Morgan fingerprint density at radius 3 is 2.44 bits per heavy atom. The van der Waals surface area contributed by atoms with Crippen LogP contribution in [0.3, 0.4) is 0 Å². The van der Waals surface area contributed by atoms with Gasteiger partial charge in [0.25, 0.3) is 0 Å². The van der Waals surface area contributed by atoms with E-state index in [0.717, 1.165) is 6.26 Å². The van der Waals surface area contributed by atoms with Crippen LogP contribution in [0, 0.1) is 11.3 Å². The van der Waals surface area contributed by atoms with Gasteiger partial charge in [0.2, 0.25) is 5.91 Å². The second kappa shape index (κ2) is 5.82. The first-order chi connectivity index (χ1) is 7.20. The molecule has 0 saturated heterocycles. The number of nitrogens with zero attached hydrogens (tertiary/aromatic N) is 1. The van der Waals surface area contributed by atoms with Crippen molar-refractivity contribution in [1.29, 1.82) is 5.26 Å². The third-order valence-corrected chi connectivity index (χ3v) is 4.36. The molecule has 0 aromatic carbocycles. The Bertz CT molecular complexity index is 381. The first-order valence-corrected chi connectivity index (χ1v) is 6.64. The van der Waals surface area contributed by atoms with E-state index in [1.165, 1.54) is 0 Å². The van der Waals surface area contributed by atoms with Crippen LogP contribution >= 0.6 is 0 Å². The zero-order valence-electron chi connectivity index (χ0n) is 9.70. The second-order valence-corrected chi connectivity index (χ2v) is 6.72. The summed E-state index contributed by atoms with van der Waals surface area (Å²) in [7, 11) is -3.16. The number of rotatable bonds is 6. The molecular formula is C9H17N3O3S. The summed E-state index contributed by atoms with van der Waals surface area (Å²) in [6.45, 7) is 3.31. The summed E-state index contributed by atoms with van der Waals surface area (Å²) in [6.07, 6.45) is 1.16. The molecule has 0 aromatic heterocycles. The quantitative estimate of drug-likeness (QED) is 0.589. The molecule has 0 heterocycles. The van der Waals surface area contributed by atoms with Gasteiger partial charge in [-0.15, -0.1) is 0 Å². The van der Waals surface area contributed by atoms with Crippen LogP contribution in [0.2, 0.25) is 0 Å². The van der Waals surface area contributed by atoms with E-state index in [1.54, 1.807) is 19.9 Å². The maximum Gasteiger partial charge on any atom is 0.234 e. The molecule has 0 bridgehead atoms. The van der Waals surface area contributed by atoms with E-state index in [4.69, 9.17) is 5.26 Å². The van der Waals surface area contributed by atoms with E-state index in [2.05, 4.69) is 10.6 Å². The molecule has 0 spiro atoms. The van der Waals surface area contributed by atoms with Crippen molar-refractivity contribution in [3.05, 3.63) is 0 Å². The minimum Gasteiger partial charge on any atom is -0.342 e. The van der Waals surface area contributed by atoms with E-state index in [9.17, 15) is 13.2 Å². The maximum absolute atomic E-state index is 11.3. The highest BCUT2D eigenvalue weighted by atomic mass is 32.2. The first-order valence-electron chi connectivity index (χ1n) is 4.74. The molecule has 0 aliphatic rings. The molecule has 2 N–H and O–H groups in total. The summed E-state index contributed by atoms with van der Waals surface area (Å²) < 4.78 is 21.7. The van der Waals surface area contributed by atoms with E-state index < -0.39 is 14.6 Å². The van der Waals surface area contributed by atoms with Crippen molar-refractivity contribution in [2.75, 3.05) is 25.9 Å². The van der Waals surface area contributed by atoms with Crippen LogP contribution in [-0.2, 0) is 14.6 Å². The van der Waals surface area contributed by atoms with Crippen LogP contribution in [0.4, 0.5) is 0 Å². The Kier molecular flexibility index (Phi) is 5.41. The van der Waals surface area contributed by atoms with Crippen molar-refractivity contribution in [3.63, 3.8) is 0 Å². The molecule has 6 nitrogen and oxygen atoms in total. The van der Waals surface area contributed by atoms with Crippen molar-refractivity contribution in [3.8, 4) is 6.07 Å². The number of carbonyl (C=O) groups is 1. The molecule has 92 valence electrons. The molecule has 0 fully saturated rings. The molecule has 1 amide bonds. The monoisotopic (exact) mass is 247 g/mol. The summed E-state index contributed by atoms with van der Waals surface area (Å²) in [4.78, 5) is 11.1. The highest BCUT2D eigenvalue weighted by Gasteiger charge is 2.29. The second-order valence-electron chi connectivity index (χ2n) is 4.07. The number of amides is 1. The summed E-state index contributed by atoms with van der Waals surface area (Å²) in [6, 6.07) is 1.77. The van der Waals surface area contributed by atoms with Crippen molar-refractivity contribution in [2.45, 2.75) is 18.6 Å². The van der Waals surface area contributed by atoms with E-state index in [1.807, 2.05) is 0 Å². The van der Waals surface area contributed by atoms with Crippen LogP contribution in [0.5, 0.6) is 0 Å². The minimum absolute atomic E-state index is 0.000625. The zero-order valence-corrected chi connectivity index (χ0v) is 10.5. The molecule has 0 aliphatic heterocycles. The molecule has 0 atom stereocenters. The lowest BCUT2D eigenvalue weighted by atomic mass is 10.2. The number of hydrogen-bond acceptors (Lipinski definition) is 5. The molecule has 0 saturated carbocycles. The van der Waals surface area contributed by atoms with E-state index in [0.29, 0.717) is 0 Å². The van der Waals surface area contributed by atoms with E-state index in [-0.39, 0.29) is 25.5 Å². The van der Waals surface area contributed by atoms with Crippen LogP contribution in [-0.4, -0.2) is 45.0 Å². The summed E-state index contributed by atoms with van der Waals surface area (Å²) in [5.41, 5.74) is 0. The topological polar surface area (TPSA) is 99.1 Å². The largest absolute Gasteiger partial charge is 0.342 e. The Hall–Kier alpha value is -1.13. The first kappa shape index (κ1) is 14.9. The van der Waals surface area contributed by atoms with Crippen LogP contribution in [0.15, 0.2) is 0 Å². The van der Waals surface area contributed by atoms with Gasteiger partial charge in [-0.1, -0.05) is 0 Å². The number of nitriles is 1. The third-order valence-electron chi connectivity index (χ3n) is 2.20. The average molecular weight is 247 g/mol. The number of carbonyl (C=O) groups excluding carboxylic acids is 1. The van der Waals surface area contributed by atoms with Gasteiger partial charge in [0.05, 0.1) is 17.4 Å². The van der Waals surface area contributed by atoms with Gasteiger partial charge in [0.15, 0.2) is 9.84 Å². The lowest BCUT2D eigenvalue weighted by Crippen LogP contribution is -2.44. The molecule has 7 heteroatoms. The highest BCUT2D eigenvalue weighted by molar-refractivity contribution is 7.92. The Morgan fingerprint density at radius 1 is 1.44 bits per heavy atom. The van der Waals surface area contributed by atoms with Crippen LogP contribution < -0.4 is 10.6 Å². The molecule has 0 unspecified atom stereocenters. The zero-order chi connectivity index (χ0) is 12.8. The molecule has 0 radical (unpaired) electrons. The number of hydrogen-bond donors (Lipinski definition) is 2. The van der Waals surface area contributed by atoms with Gasteiger partial charge >= 0.3 is 0 Å². The van der Waals surface area contributed by atoms with Crippen molar-refractivity contribution in [2.24, 2.45) is 0 Å². The van der Waals surface area contributed by atoms with Crippen LogP contribution in [0.1, 0.15) is 13.8 Å². The number of nitrogens with one attached hydrogen (secondary N) is 2. The van der Waals surface area contributed by atoms with Gasteiger partial charge in [-0.25, -0.2) is 8.42 Å². The Balaban J connectivity index is 4.01. The predicted molar refractivity (Wildman–Crippen MR) is 60.4 cm³/mol. The fraction of sp³-hybridized carbons (Fsp3) is 0.778. The van der Waals surface area contributed by atoms with Crippen molar-refractivity contribution >= 4 is 15.7 Å². The maximum atomic E-state index is 11.3. The lowest BCUT2D eigenvalue weighted by molar-refractivity contribution is -0.120. The van der Waals surface area contributed by atoms with Crippen molar-refractivity contribution in [1.82, 2.24) is 10.6 Å². The predicted octanol–water partition coefficient (Wildman–Crippen LogP) is -0.961. The van der Waals surface area contributed by atoms with Gasteiger partial charge in [-0.3, -0.25) is 4.79 Å². The van der Waals surface area contributed by atoms with Crippen LogP contribution in [0.25, 0.3) is 0 Å². The van der Waals surface area contributed by atoms with Gasteiger partial charge in [0.1, 0.15) is 6.54 Å². The third kappa shape index (κ3) is 5.09. The Labute approximate surface area is 95.9 Å². The molecule has 16 heavy (non-hydrogen) atoms. The summed E-state index contributed by atoms with van der Waals surface area (Å²) >= 11 is 0. The molecule has 0 rings (SSSR count). The van der Waals surface area contributed by atoms with Crippen molar-refractivity contribution < 1.29 is 13.2 Å². The SMILES string of the molecule is CC(C)(CNCC(=O)NCC#N)S(C)(=O)=O. The van der Waals surface area contributed by atoms with Gasteiger partial charge in [-0.05, 0) is 13.8 Å².